The third-order valence-corrected chi connectivity index (χ3v) is 2.40. The molecule has 0 fully saturated rings. The van der Waals surface area contributed by atoms with Crippen molar-refractivity contribution in [2.75, 3.05) is 7.11 Å². The lowest BCUT2D eigenvalue weighted by atomic mass is 10.00. The fourth-order valence-corrected chi connectivity index (χ4v) is 1.68. The number of hydrogen-bond donors (Lipinski definition) is 1. The van der Waals surface area contributed by atoms with Gasteiger partial charge in [-0.1, -0.05) is 5.57 Å². The van der Waals surface area contributed by atoms with Crippen molar-refractivity contribution in [1.29, 1.82) is 0 Å². The van der Waals surface area contributed by atoms with Crippen LogP contribution in [0.25, 0.3) is 0 Å². The second-order valence-corrected chi connectivity index (χ2v) is 4.22. The maximum atomic E-state index is 12.2. The summed E-state index contributed by atoms with van der Waals surface area (Å²) in [5.74, 6) is 0.101. The second-order valence-electron chi connectivity index (χ2n) is 4.22. The van der Waals surface area contributed by atoms with Gasteiger partial charge in [-0.05, 0) is 31.5 Å². The minimum Gasteiger partial charge on any atom is -0.496 e. The molecule has 0 amide bonds. The minimum absolute atomic E-state index is 0.319. The van der Waals surface area contributed by atoms with E-state index in [0.29, 0.717) is 17.7 Å². The average molecular weight is 275 g/mol. The van der Waals surface area contributed by atoms with E-state index in [2.05, 4.69) is 11.3 Å². The molecule has 0 aliphatic heterocycles. The van der Waals surface area contributed by atoms with Crippen LogP contribution >= 0.6 is 0 Å². The molecule has 1 aromatic carbocycles. The van der Waals surface area contributed by atoms with Crippen molar-refractivity contribution in [3.8, 4) is 11.5 Å². The molecule has 0 aromatic heterocycles. The molecule has 0 saturated carbocycles. The fraction of sp³-hybridized carbons (Fsp3) is 0.385. The van der Waals surface area contributed by atoms with Crippen molar-refractivity contribution >= 4 is 0 Å². The van der Waals surface area contributed by atoms with Gasteiger partial charge in [0.1, 0.15) is 11.5 Å². The molecular formula is C13H16F3NO2. The van der Waals surface area contributed by atoms with Gasteiger partial charge in [0.25, 0.3) is 0 Å². The summed E-state index contributed by atoms with van der Waals surface area (Å²) < 4.78 is 45.5. The lowest BCUT2D eigenvalue weighted by Crippen LogP contribution is -2.18. The monoisotopic (exact) mass is 275 g/mol. The molecule has 3 nitrogen and oxygen atoms in total. The molecule has 2 N–H and O–H groups in total. The zero-order valence-electron chi connectivity index (χ0n) is 10.8. The summed E-state index contributed by atoms with van der Waals surface area (Å²) in [5.41, 5.74) is 7.21. The lowest BCUT2D eigenvalue weighted by Gasteiger charge is -2.17. The summed E-state index contributed by atoms with van der Waals surface area (Å²) >= 11 is 0. The number of alkyl halides is 3. The van der Waals surface area contributed by atoms with Crippen LogP contribution in [0.15, 0.2) is 30.4 Å². The number of nitrogens with two attached hydrogens (primary N) is 1. The maximum Gasteiger partial charge on any atom is 0.573 e. The second kappa shape index (κ2) is 5.97. The molecule has 0 radical (unpaired) electrons. The van der Waals surface area contributed by atoms with Crippen LogP contribution in [0, 0.1) is 0 Å². The van der Waals surface area contributed by atoms with Crippen LogP contribution in [0.5, 0.6) is 11.5 Å². The molecule has 1 atom stereocenters. The summed E-state index contributed by atoms with van der Waals surface area (Å²) in [7, 11) is 1.43. The van der Waals surface area contributed by atoms with Gasteiger partial charge in [-0.3, -0.25) is 0 Å². The average Bonchev–Trinajstić information content (AvgIpc) is 2.25. The Balaban J connectivity index is 3.05. The van der Waals surface area contributed by atoms with Crippen LogP contribution < -0.4 is 15.2 Å². The van der Waals surface area contributed by atoms with E-state index < -0.39 is 12.4 Å². The molecule has 0 spiro atoms. The molecule has 0 aliphatic rings. The Morgan fingerprint density at radius 2 is 2.05 bits per heavy atom. The largest absolute Gasteiger partial charge is 0.573 e. The van der Waals surface area contributed by atoms with Gasteiger partial charge >= 0.3 is 6.36 Å². The zero-order chi connectivity index (χ0) is 14.6. The Kier molecular flexibility index (Phi) is 4.83. The van der Waals surface area contributed by atoms with Gasteiger partial charge in [0.15, 0.2) is 0 Å². The first-order valence-electron chi connectivity index (χ1n) is 5.56. The normalized spacial score (nSPS) is 12.9. The van der Waals surface area contributed by atoms with E-state index in [0.717, 1.165) is 5.57 Å². The standard InChI is InChI=1S/C13H16F3NO2/c1-8(2)6-11(17)10-7-9(19-13(14,15)16)4-5-12(10)18-3/h4-5,7,11H,1,6,17H2,2-3H3/t11-/m1/s1. The molecule has 19 heavy (non-hydrogen) atoms. The van der Waals surface area contributed by atoms with Gasteiger partial charge in [0.05, 0.1) is 7.11 Å². The van der Waals surface area contributed by atoms with Gasteiger partial charge < -0.3 is 15.2 Å². The third-order valence-electron chi connectivity index (χ3n) is 2.40. The Hall–Kier alpha value is -1.69. The molecule has 6 heteroatoms. The van der Waals surface area contributed by atoms with E-state index in [1.807, 2.05) is 0 Å². The Labute approximate surface area is 109 Å². The first-order chi connectivity index (χ1) is 8.73. The van der Waals surface area contributed by atoms with E-state index in [9.17, 15) is 13.2 Å². The number of halogens is 3. The highest BCUT2D eigenvalue weighted by molar-refractivity contribution is 5.42. The van der Waals surface area contributed by atoms with E-state index in [1.54, 1.807) is 6.92 Å². The summed E-state index contributed by atoms with van der Waals surface area (Å²) in [6.45, 7) is 5.52. The molecule has 106 valence electrons. The topological polar surface area (TPSA) is 44.5 Å². The number of hydrogen-bond acceptors (Lipinski definition) is 3. The molecular weight excluding hydrogens is 259 g/mol. The van der Waals surface area contributed by atoms with Gasteiger partial charge in [-0.15, -0.1) is 19.8 Å². The number of ether oxygens (including phenoxy) is 2. The van der Waals surface area contributed by atoms with E-state index in [4.69, 9.17) is 10.5 Å². The van der Waals surface area contributed by atoms with Crippen molar-refractivity contribution in [3.63, 3.8) is 0 Å². The highest BCUT2D eigenvalue weighted by Crippen LogP contribution is 2.33. The molecule has 0 saturated heterocycles. The summed E-state index contributed by atoms with van der Waals surface area (Å²) in [5, 5.41) is 0. The Morgan fingerprint density at radius 1 is 1.42 bits per heavy atom. The van der Waals surface area contributed by atoms with Crippen molar-refractivity contribution in [2.45, 2.75) is 25.7 Å². The van der Waals surface area contributed by atoms with E-state index in [1.165, 1.54) is 25.3 Å². The summed E-state index contributed by atoms with van der Waals surface area (Å²) in [6.07, 6.45) is -4.28. The first-order valence-corrected chi connectivity index (χ1v) is 5.56. The predicted octanol–water partition coefficient (Wildman–Crippen LogP) is 3.56. The number of methoxy groups -OCH3 is 1. The fourth-order valence-electron chi connectivity index (χ4n) is 1.68. The smallest absolute Gasteiger partial charge is 0.496 e. The van der Waals surface area contributed by atoms with Crippen molar-refractivity contribution in [3.05, 3.63) is 35.9 Å². The van der Waals surface area contributed by atoms with Crippen LogP contribution in [0.1, 0.15) is 24.9 Å². The van der Waals surface area contributed by atoms with Crippen LogP contribution in [0.4, 0.5) is 13.2 Å². The van der Waals surface area contributed by atoms with Gasteiger partial charge in [0, 0.05) is 11.6 Å². The summed E-state index contributed by atoms with van der Waals surface area (Å²) in [4.78, 5) is 0. The molecule has 0 heterocycles. The van der Waals surface area contributed by atoms with Crippen molar-refractivity contribution in [2.24, 2.45) is 5.73 Å². The first kappa shape index (κ1) is 15.4. The molecule has 1 rings (SSSR count). The van der Waals surface area contributed by atoms with Crippen LogP contribution in [0.3, 0.4) is 0 Å². The number of rotatable bonds is 5. The number of benzene rings is 1. The van der Waals surface area contributed by atoms with Crippen molar-refractivity contribution in [1.82, 2.24) is 0 Å². The highest BCUT2D eigenvalue weighted by Gasteiger charge is 2.31. The Bertz CT molecular complexity index is 458. The summed E-state index contributed by atoms with van der Waals surface area (Å²) in [6, 6.07) is 3.32. The minimum atomic E-state index is -4.73. The molecule has 1 aromatic rings. The van der Waals surface area contributed by atoms with Gasteiger partial charge in [-0.25, -0.2) is 0 Å². The van der Waals surface area contributed by atoms with E-state index in [-0.39, 0.29) is 5.75 Å². The van der Waals surface area contributed by atoms with Crippen LogP contribution in [-0.2, 0) is 0 Å². The highest BCUT2D eigenvalue weighted by atomic mass is 19.4. The SMILES string of the molecule is C=C(C)C[C@@H](N)c1cc(OC(F)(F)F)ccc1OC. The zero-order valence-corrected chi connectivity index (χ0v) is 10.8. The van der Waals surface area contributed by atoms with Gasteiger partial charge in [-0.2, -0.15) is 0 Å². The predicted molar refractivity (Wildman–Crippen MR) is 66.0 cm³/mol. The molecule has 0 aliphatic carbocycles. The molecule has 0 bridgehead atoms. The van der Waals surface area contributed by atoms with E-state index >= 15 is 0 Å². The lowest BCUT2D eigenvalue weighted by molar-refractivity contribution is -0.274. The van der Waals surface area contributed by atoms with Gasteiger partial charge in [0.2, 0.25) is 0 Å². The van der Waals surface area contributed by atoms with Crippen LogP contribution in [-0.4, -0.2) is 13.5 Å². The van der Waals surface area contributed by atoms with Crippen molar-refractivity contribution < 1.29 is 22.6 Å². The Morgan fingerprint density at radius 3 is 2.53 bits per heavy atom. The quantitative estimate of drug-likeness (QED) is 0.836. The van der Waals surface area contributed by atoms with Crippen LogP contribution in [0.2, 0.25) is 0 Å². The third kappa shape index (κ3) is 4.82. The molecule has 0 unspecified atom stereocenters. The maximum absolute atomic E-state index is 12.2.